The van der Waals surface area contributed by atoms with Crippen molar-refractivity contribution in [2.45, 2.75) is 102 Å². The topological polar surface area (TPSA) is 39.5 Å². The van der Waals surface area contributed by atoms with Gasteiger partial charge in [0.2, 0.25) is 0 Å². The molecule has 1 atom stereocenters. The summed E-state index contributed by atoms with van der Waals surface area (Å²) in [7, 11) is 2.10. The molecule has 0 heterocycles. The van der Waals surface area contributed by atoms with Crippen molar-refractivity contribution in [2.75, 3.05) is 7.05 Å². The lowest BCUT2D eigenvalue weighted by molar-refractivity contribution is 0.438. The Hall–Kier alpha value is -1.69. The molecule has 192 valence electrons. The van der Waals surface area contributed by atoms with Crippen molar-refractivity contribution in [3.63, 3.8) is 0 Å². The van der Waals surface area contributed by atoms with Crippen molar-refractivity contribution in [1.29, 1.82) is 5.41 Å². The van der Waals surface area contributed by atoms with Gasteiger partial charge in [0, 0.05) is 18.2 Å². The van der Waals surface area contributed by atoms with E-state index in [0.717, 1.165) is 55.5 Å². The number of benzene rings is 2. The van der Waals surface area contributed by atoms with E-state index in [2.05, 4.69) is 132 Å². The van der Waals surface area contributed by atoms with E-state index in [1.54, 1.807) is 0 Å². The Morgan fingerprint density at radius 1 is 0.800 bits per heavy atom. The molecule has 0 bridgehead atoms. The standard InChI is InChI=1S/C31H46IN3/c1-9-14-27(32)35(8)29(24-17-21-26(22-18-24)31(7,12-4)13-5)34-28(33)23-15-19-25(20-16-23)30(6,10-2)11-3/h15-22,27,33H,9-14H2,1-8H3. The van der Waals surface area contributed by atoms with Crippen molar-refractivity contribution in [3.8, 4) is 0 Å². The van der Waals surface area contributed by atoms with E-state index in [1.807, 2.05) is 0 Å². The average Bonchev–Trinajstić information content (AvgIpc) is 2.90. The van der Waals surface area contributed by atoms with Gasteiger partial charge in [-0.25, -0.2) is 4.99 Å². The molecule has 35 heavy (non-hydrogen) atoms. The molecule has 0 saturated carbocycles. The molecular weight excluding hydrogens is 541 g/mol. The molecule has 1 unspecified atom stereocenters. The fraction of sp³-hybridized carbons (Fsp3) is 0.548. The predicted molar refractivity (Wildman–Crippen MR) is 163 cm³/mol. The molecule has 0 radical (unpaired) electrons. The Morgan fingerprint density at radius 2 is 1.20 bits per heavy atom. The average molecular weight is 588 g/mol. The molecule has 2 rings (SSSR count). The minimum atomic E-state index is 0.178. The second-order valence-corrected chi connectivity index (χ2v) is 11.7. The normalized spacial score (nSPS) is 13.6. The number of hydrogen-bond donors (Lipinski definition) is 1. The zero-order valence-electron chi connectivity index (χ0n) is 23.2. The molecule has 0 aliphatic carbocycles. The molecule has 0 aliphatic heterocycles. The molecule has 1 N–H and O–H groups in total. The highest BCUT2D eigenvalue weighted by atomic mass is 127. The summed E-state index contributed by atoms with van der Waals surface area (Å²) in [5, 5.41) is 8.85. The van der Waals surface area contributed by atoms with Gasteiger partial charge in [-0.05, 0) is 54.1 Å². The largest absolute Gasteiger partial charge is 0.347 e. The van der Waals surface area contributed by atoms with Gasteiger partial charge in [-0.1, -0.05) is 126 Å². The van der Waals surface area contributed by atoms with Crippen molar-refractivity contribution in [1.82, 2.24) is 4.90 Å². The van der Waals surface area contributed by atoms with Crippen LogP contribution in [0.15, 0.2) is 53.5 Å². The number of amidine groups is 2. The second kappa shape index (κ2) is 13.0. The predicted octanol–water partition coefficient (Wildman–Crippen LogP) is 9.11. The number of nitrogens with zero attached hydrogens (tertiary/aromatic N) is 2. The zero-order valence-corrected chi connectivity index (χ0v) is 25.4. The molecule has 2 aromatic rings. The maximum absolute atomic E-state index is 8.85. The van der Waals surface area contributed by atoms with Gasteiger partial charge in [0.1, 0.15) is 5.84 Å². The van der Waals surface area contributed by atoms with Crippen molar-refractivity contribution >= 4 is 34.3 Å². The third kappa shape index (κ3) is 6.96. The van der Waals surface area contributed by atoms with E-state index in [4.69, 9.17) is 10.4 Å². The second-order valence-electron chi connectivity index (χ2n) is 10.3. The molecule has 3 nitrogen and oxygen atoms in total. The zero-order chi connectivity index (χ0) is 26.2. The molecule has 2 aromatic carbocycles. The summed E-state index contributed by atoms with van der Waals surface area (Å²) in [6, 6.07) is 17.4. The summed E-state index contributed by atoms with van der Waals surface area (Å²) >= 11 is 2.50. The van der Waals surface area contributed by atoms with Gasteiger partial charge in [0.15, 0.2) is 5.84 Å². The molecule has 0 amide bonds. The molecule has 0 spiro atoms. The van der Waals surface area contributed by atoms with Crippen LogP contribution in [0.3, 0.4) is 0 Å². The highest BCUT2D eigenvalue weighted by molar-refractivity contribution is 14.1. The summed E-state index contributed by atoms with van der Waals surface area (Å²) in [6.07, 6.45) is 6.63. The minimum Gasteiger partial charge on any atom is -0.347 e. The van der Waals surface area contributed by atoms with Crippen molar-refractivity contribution in [3.05, 3.63) is 70.8 Å². The molecular formula is C31H46IN3. The van der Waals surface area contributed by atoms with Gasteiger partial charge >= 0.3 is 0 Å². The van der Waals surface area contributed by atoms with E-state index >= 15 is 0 Å². The van der Waals surface area contributed by atoms with E-state index in [-0.39, 0.29) is 10.8 Å². The third-order valence-corrected chi connectivity index (χ3v) is 9.77. The lowest BCUT2D eigenvalue weighted by atomic mass is 9.77. The van der Waals surface area contributed by atoms with Gasteiger partial charge in [-0.15, -0.1) is 0 Å². The highest BCUT2D eigenvalue weighted by Gasteiger charge is 2.24. The Bertz CT molecular complexity index is 967. The Kier molecular flexibility index (Phi) is 11.0. The van der Waals surface area contributed by atoms with Gasteiger partial charge in [0.05, 0.1) is 4.05 Å². The fourth-order valence-electron chi connectivity index (χ4n) is 4.45. The van der Waals surface area contributed by atoms with Crippen molar-refractivity contribution in [2.24, 2.45) is 4.99 Å². The third-order valence-electron chi connectivity index (χ3n) is 8.32. The molecule has 0 aromatic heterocycles. The Morgan fingerprint density at radius 3 is 1.57 bits per heavy atom. The summed E-state index contributed by atoms with van der Waals surface area (Å²) in [5.41, 5.74) is 4.99. The van der Waals surface area contributed by atoms with Gasteiger partial charge in [-0.3, -0.25) is 5.41 Å². The molecule has 0 aliphatic rings. The molecule has 4 heteroatoms. The van der Waals surface area contributed by atoms with Crippen LogP contribution in [0.4, 0.5) is 0 Å². The van der Waals surface area contributed by atoms with Crippen LogP contribution < -0.4 is 0 Å². The van der Waals surface area contributed by atoms with Crippen LogP contribution in [0.5, 0.6) is 0 Å². The van der Waals surface area contributed by atoms with Crippen molar-refractivity contribution < 1.29 is 0 Å². The van der Waals surface area contributed by atoms with Crippen LogP contribution in [0.1, 0.15) is 109 Å². The van der Waals surface area contributed by atoms with Gasteiger partial charge in [0.25, 0.3) is 0 Å². The SMILES string of the molecule is CCCC(I)N(C)C(=NC(=N)c1ccc(C(C)(CC)CC)cc1)c1ccc(C(C)(CC)CC)cc1. The first-order valence-electron chi connectivity index (χ1n) is 13.3. The number of aliphatic imine (C=N–C) groups is 1. The van der Waals surface area contributed by atoms with Gasteiger partial charge in [-0.2, -0.15) is 0 Å². The monoisotopic (exact) mass is 587 g/mol. The van der Waals surface area contributed by atoms with Crippen LogP contribution in [-0.2, 0) is 10.8 Å². The first-order chi connectivity index (χ1) is 16.6. The summed E-state index contributed by atoms with van der Waals surface area (Å²) in [6.45, 7) is 15.9. The lowest BCUT2D eigenvalue weighted by Gasteiger charge is -2.29. The van der Waals surface area contributed by atoms with Crippen LogP contribution in [0.25, 0.3) is 0 Å². The minimum absolute atomic E-state index is 0.178. The smallest absolute Gasteiger partial charge is 0.154 e. The number of rotatable bonds is 11. The quantitative estimate of drug-likeness (QED) is 0.0920. The molecule has 0 fully saturated rings. The van der Waals surface area contributed by atoms with Crippen LogP contribution in [0.2, 0.25) is 0 Å². The number of nitrogens with one attached hydrogen (secondary N) is 1. The first-order valence-corrected chi connectivity index (χ1v) is 14.6. The van der Waals surface area contributed by atoms with Crippen LogP contribution >= 0.6 is 22.6 Å². The summed E-state index contributed by atoms with van der Waals surface area (Å²) in [4.78, 5) is 7.13. The fourth-order valence-corrected chi connectivity index (χ4v) is 5.34. The van der Waals surface area contributed by atoms with E-state index in [1.165, 1.54) is 11.1 Å². The number of hydrogen-bond acceptors (Lipinski definition) is 1. The van der Waals surface area contributed by atoms with Crippen LogP contribution in [-0.4, -0.2) is 27.7 Å². The summed E-state index contributed by atoms with van der Waals surface area (Å²) in [5.74, 6) is 1.17. The molecule has 0 saturated heterocycles. The maximum atomic E-state index is 8.85. The summed E-state index contributed by atoms with van der Waals surface area (Å²) < 4.78 is 0.317. The maximum Gasteiger partial charge on any atom is 0.154 e. The highest BCUT2D eigenvalue weighted by Crippen LogP contribution is 2.32. The van der Waals surface area contributed by atoms with E-state index < -0.39 is 0 Å². The van der Waals surface area contributed by atoms with E-state index in [0.29, 0.717) is 9.88 Å². The van der Waals surface area contributed by atoms with E-state index in [9.17, 15) is 0 Å². The lowest BCUT2D eigenvalue weighted by Crippen LogP contribution is -2.34. The Labute approximate surface area is 228 Å². The Balaban J connectivity index is 2.46. The first kappa shape index (κ1) is 29.5. The number of halogens is 1. The van der Waals surface area contributed by atoms with Gasteiger partial charge < -0.3 is 4.90 Å². The number of alkyl halides is 1. The van der Waals surface area contributed by atoms with Crippen LogP contribution in [0, 0.1) is 5.41 Å².